The van der Waals surface area contributed by atoms with Crippen molar-refractivity contribution in [3.63, 3.8) is 0 Å². The van der Waals surface area contributed by atoms with Crippen molar-refractivity contribution < 1.29 is 39.9 Å². The Labute approximate surface area is 310 Å². The predicted molar refractivity (Wildman–Crippen MR) is 200 cm³/mol. The number of nitrogens with zero attached hydrogens (tertiary/aromatic N) is 2. The largest absolute Gasteiger partial charge is 0.508 e. The molecule has 0 saturated heterocycles. The lowest BCUT2D eigenvalue weighted by Crippen LogP contribution is -2.42. The Morgan fingerprint density at radius 3 is 2.48 bits per heavy atom. The number of carboxylic acids is 1. The number of benzene rings is 3. The van der Waals surface area contributed by atoms with Crippen molar-refractivity contribution in [3.05, 3.63) is 87.4 Å². The summed E-state index contributed by atoms with van der Waals surface area (Å²) in [6.07, 6.45) is -3.12. The molecule has 3 aromatic carbocycles. The van der Waals surface area contributed by atoms with E-state index in [1.54, 1.807) is 36.4 Å². The Balaban J connectivity index is 1.37. The fourth-order valence-electron chi connectivity index (χ4n) is 6.36. The third-order valence-electron chi connectivity index (χ3n) is 9.17. The Morgan fingerprint density at radius 2 is 1.81 bits per heavy atom. The van der Waals surface area contributed by atoms with Gasteiger partial charge in [-0.05, 0) is 70.8 Å². The standard InChI is InChI=1S/C38H44BrN5O8/c1-38(2,3)22-10-21(11-23(39)14-22)34(28(36(51)52)16-32(49)35-29(19-45)27-6-4-5-7-30(27)43-35)44-33(50)9-8-31(48)20-12-24(15-25(46)13-20)42-37-40-17-26(47)18-41-37/h4-7,10-15,19,26,28-29,31-32,34,46-49H,8-9,16-18H2,1-3H3,(H,44,50)(H,51,52)(H2,40,41,42). The van der Waals surface area contributed by atoms with Gasteiger partial charge < -0.3 is 46.3 Å². The number of rotatable bonds is 13. The van der Waals surface area contributed by atoms with Gasteiger partial charge in [-0.1, -0.05) is 61.0 Å². The molecule has 2 aliphatic rings. The third-order valence-corrected chi connectivity index (χ3v) is 9.63. The molecule has 13 nitrogen and oxygen atoms in total. The van der Waals surface area contributed by atoms with Gasteiger partial charge in [-0.2, -0.15) is 0 Å². The predicted octanol–water partition coefficient (Wildman–Crippen LogP) is 4.38. The number of aliphatic carboxylic acids is 1. The van der Waals surface area contributed by atoms with Crippen molar-refractivity contribution >= 4 is 57.1 Å². The van der Waals surface area contributed by atoms with Crippen LogP contribution in [-0.2, 0) is 19.8 Å². The molecule has 2 aliphatic heterocycles. The zero-order valence-electron chi connectivity index (χ0n) is 29.1. The first-order valence-corrected chi connectivity index (χ1v) is 17.8. The number of aliphatic imine (C=N–C) groups is 2. The van der Waals surface area contributed by atoms with Crippen LogP contribution in [0.15, 0.2) is 75.1 Å². The summed E-state index contributed by atoms with van der Waals surface area (Å²) in [6.45, 7) is 6.53. The molecule has 0 aliphatic carbocycles. The highest BCUT2D eigenvalue weighted by Crippen LogP contribution is 2.38. The second kappa shape index (κ2) is 16.4. The number of phenols is 1. The van der Waals surface area contributed by atoms with Gasteiger partial charge in [-0.15, -0.1) is 0 Å². The molecule has 0 fully saturated rings. The molecule has 6 unspecified atom stereocenters. The number of β-amino-alcohol motifs (C(OH)–C–C–N with tert-alkyl or cyclic N) is 1. The monoisotopic (exact) mass is 777 g/mol. The molecule has 6 atom stereocenters. The second-order valence-corrected chi connectivity index (χ2v) is 15.1. The van der Waals surface area contributed by atoms with E-state index in [1.807, 2.05) is 32.9 Å². The summed E-state index contributed by atoms with van der Waals surface area (Å²) in [5, 5.41) is 61.9. The average molecular weight is 779 g/mol. The quantitative estimate of drug-likeness (QED) is 0.115. The fraction of sp³-hybridized carbons (Fsp3) is 0.395. The Hall–Kier alpha value is -4.63. The van der Waals surface area contributed by atoms with E-state index in [2.05, 4.69) is 41.9 Å². The molecule has 0 spiro atoms. The Kier molecular flexibility index (Phi) is 12.1. The van der Waals surface area contributed by atoms with Gasteiger partial charge in [0.05, 0.1) is 54.1 Å². The summed E-state index contributed by atoms with van der Waals surface area (Å²) in [7, 11) is 0. The summed E-state index contributed by atoms with van der Waals surface area (Å²) in [6, 6.07) is 15.8. The Bertz CT molecular complexity index is 1880. The number of amides is 1. The molecule has 52 heavy (non-hydrogen) atoms. The number of aliphatic hydroxyl groups is 3. The highest BCUT2D eigenvalue weighted by atomic mass is 79.9. The molecule has 5 rings (SSSR count). The molecule has 0 bridgehead atoms. The summed E-state index contributed by atoms with van der Waals surface area (Å²) >= 11 is 3.54. The molecule has 0 radical (unpaired) electrons. The number of nitrogens with one attached hydrogen (secondary N) is 3. The van der Waals surface area contributed by atoms with E-state index >= 15 is 0 Å². The first kappa shape index (κ1) is 38.6. The van der Waals surface area contributed by atoms with Crippen LogP contribution in [0.2, 0.25) is 0 Å². The number of aromatic hydroxyl groups is 1. The lowest BCUT2D eigenvalue weighted by Gasteiger charge is -2.30. The maximum Gasteiger partial charge on any atom is 0.309 e. The number of carboxylic acid groups (broad SMARTS) is 1. The Morgan fingerprint density at radius 1 is 1.06 bits per heavy atom. The van der Waals surface area contributed by atoms with Crippen LogP contribution in [0.25, 0.3) is 0 Å². The van der Waals surface area contributed by atoms with Gasteiger partial charge in [0.2, 0.25) is 5.91 Å². The van der Waals surface area contributed by atoms with Gasteiger partial charge in [0.1, 0.15) is 12.0 Å². The average Bonchev–Trinajstić information content (AvgIpc) is 3.47. The number of anilines is 1. The van der Waals surface area contributed by atoms with Gasteiger partial charge in [0.15, 0.2) is 5.96 Å². The zero-order chi connectivity index (χ0) is 37.7. The molecule has 1 amide bonds. The lowest BCUT2D eigenvalue weighted by atomic mass is 9.81. The fourth-order valence-corrected chi connectivity index (χ4v) is 6.87. The lowest BCUT2D eigenvalue weighted by molar-refractivity contribution is -0.144. The molecule has 8 N–H and O–H groups in total. The summed E-state index contributed by atoms with van der Waals surface area (Å²) in [5.41, 5.74) is 3.10. The third kappa shape index (κ3) is 9.42. The van der Waals surface area contributed by atoms with E-state index in [0.29, 0.717) is 51.3 Å². The zero-order valence-corrected chi connectivity index (χ0v) is 30.7. The SMILES string of the molecule is CC(C)(C)c1cc(Br)cc(C(NC(=O)CCC(O)c2cc(O)cc(NC3=NCC(O)CN3)c2)C(CC(O)C2=Nc3ccccc3C2C=O)C(=O)O)c1. The van der Waals surface area contributed by atoms with Gasteiger partial charge in [0.25, 0.3) is 0 Å². The summed E-state index contributed by atoms with van der Waals surface area (Å²) in [5.74, 6) is -3.72. The van der Waals surface area contributed by atoms with E-state index in [4.69, 9.17) is 0 Å². The van der Waals surface area contributed by atoms with Crippen molar-refractivity contribution in [2.75, 3.05) is 18.4 Å². The highest BCUT2D eigenvalue weighted by Gasteiger charge is 2.38. The van der Waals surface area contributed by atoms with E-state index in [0.717, 1.165) is 5.56 Å². The van der Waals surface area contributed by atoms with Crippen LogP contribution in [-0.4, -0.2) is 80.7 Å². The molecule has 276 valence electrons. The van der Waals surface area contributed by atoms with Crippen LogP contribution < -0.4 is 16.0 Å². The number of hydrogen-bond acceptors (Lipinski definition) is 11. The van der Waals surface area contributed by atoms with Crippen LogP contribution in [0.3, 0.4) is 0 Å². The number of halogens is 1. The smallest absolute Gasteiger partial charge is 0.309 e. The number of para-hydroxylation sites is 1. The van der Waals surface area contributed by atoms with Crippen LogP contribution in [0.5, 0.6) is 5.75 Å². The number of hydrogen-bond donors (Lipinski definition) is 8. The minimum Gasteiger partial charge on any atom is -0.508 e. The number of aldehydes is 1. The van der Waals surface area contributed by atoms with Crippen molar-refractivity contribution in [3.8, 4) is 5.75 Å². The van der Waals surface area contributed by atoms with Gasteiger partial charge in [-0.25, -0.2) is 0 Å². The molecule has 0 saturated carbocycles. The molecular formula is C38H44BrN5O8. The maximum atomic E-state index is 13.6. The van der Waals surface area contributed by atoms with Crippen molar-refractivity contribution in [2.45, 2.75) is 75.7 Å². The molecule has 0 aromatic heterocycles. The van der Waals surface area contributed by atoms with E-state index in [-0.39, 0.29) is 42.7 Å². The van der Waals surface area contributed by atoms with Crippen molar-refractivity contribution in [2.24, 2.45) is 15.9 Å². The van der Waals surface area contributed by atoms with Gasteiger partial charge >= 0.3 is 5.97 Å². The van der Waals surface area contributed by atoms with E-state index in [9.17, 15) is 39.9 Å². The first-order chi connectivity index (χ1) is 24.6. The number of carbonyl (C=O) groups excluding carboxylic acids is 2. The van der Waals surface area contributed by atoms with E-state index < -0.39 is 48.1 Å². The number of aliphatic hydroxyl groups excluding tert-OH is 3. The van der Waals surface area contributed by atoms with Gasteiger partial charge in [-0.3, -0.25) is 19.6 Å². The molecular weight excluding hydrogens is 734 g/mol. The van der Waals surface area contributed by atoms with Crippen molar-refractivity contribution in [1.29, 1.82) is 0 Å². The molecule has 14 heteroatoms. The molecule has 2 heterocycles. The van der Waals surface area contributed by atoms with Crippen molar-refractivity contribution in [1.82, 2.24) is 10.6 Å². The topological polar surface area (TPSA) is 213 Å². The number of phenolic OH excluding ortho intramolecular Hbond substituents is 1. The highest BCUT2D eigenvalue weighted by molar-refractivity contribution is 9.10. The van der Waals surface area contributed by atoms with Crippen LogP contribution in [0.1, 0.15) is 80.4 Å². The normalized spacial score (nSPS) is 19.2. The maximum absolute atomic E-state index is 13.6. The second-order valence-electron chi connectivity index (χ2n) is 14.2. The van der Waals surface area contributed by atoms with Crippen LogP contribution >= 0.6 is 15.9 Å². The van der Waals surface area contributed by atoms with Crippen LogP contribution in [0, 0.1) is 5.92 Å². The molecule has 3 aromatic rings. The minimum atomic E-state index is -1.41. The van der Waals surface area contributed by atoms with Crippen LogP contribution in [0.4, 0.5) is 11.4 Å². The van der Waals surface area contributed by atoms with Gasteiger partial charge in [0, 0.05) is 29.2 Å². The van der Waals surface area contributed by atoms with E-state index in [1.165, 1.54) is 12.1 Å². The first-order valence-electron chi connectivity index (χ1n) is 17.0. The summed E-state index contributed by atoms with van der Waals surface area (Å²) in [4.78, 5) is 47.4. The number of fused-ring (bicyclic) bond motifs is 1. The minimum absolute atomic E-state index is 0.0605. The number of carbonyl (C=O) groups is 3. The summed E-state index contributed by atoms with van der Waals surface area (Å²) < 4.78 is 0.671. The number of guanidine groups is 1.